The first-order chi connectivity index (χ1) is 9.79. The van der Waals surface area contributed by atoms with E-state index in [0.29, 0.717) is 27.0 Å². The predicted molar refractivity (Wildman–Crippen MR) is 89.5 cm³/mol. The van der Waals surface area contributed by atoms with Crippen molar-refractivity contribution >= 4 is 40.5 Å². The van der Waals surface area contributed by atoms with Crippen LogP contribution in [0.15, 0.2) is 24.3 Å². The van der Waals surface area contributed by atoms with Crippen molar-refractivity contribution in [3.63, 3.8) is 0 Å². The van der Waals surface area contributed by atoms with Crippen LogP contribution >= 0.6 is 23.2 Å². The summed E-state index contributed by atoms with van der Waals surface area (Å²) in [7, 11) is 0. The van der Waals surface area contributed by atoms with Crippen LogP contribution in [0.1, 0.15) is 27.0 Å². The summed E-state index contributed by atoms with van der Waals surface area (Å²) in [4.78, 5) is 12.4. The molecule has 3 N–H and O–H groups in total. The number of carbonyl (C=O) groups excluding carboxylic acids is 1. The van der Waals surface area contributed by atoms with Gasteiger partial charge in [0.15, 0.2) is 0 Å². The molecule has 0 fully saturated rings. The number of carbonyl (C=O) groups is 1. The number of halogens is 2. The standard InChI is InChI=1S/C16H16Cl2N2O/c1-8-4-10(3)14(19)6-11(8)16(21)20-15-7-12(17)9(2)5-13(15)18/h4-7H,19H2,1-3H3,(H,20,21). The molecule has 0 bridgehead atoms. The zero-order chi connectivity index (χ0) is 15.7. The molecule has 0 aliphatic heterocycles. The van der Waals surface area contributed by atoms with Gasteiger partial charge in [0.2, 0.25) is 0 Å². The summed E-state index contributed by atoms with van der Waals surface area (Å²) in [5, 5.41) is 3.77. The van der Waals surface area contributed by atoms with Gasteiger partial charge in [-0.2, -0.15) is 0 Å². The SMILES string of the molecule is Cc1cc(C)c(C(=O)Nc2cc(Cl)c(C)cc2Cl)cc1N. The summed E-state index contributed by atoms with van der Waals surface area (Å²) < 4.78 is 0. The number of benzene rings is 2. The lowest BCUT2D eigenvalue weighted by atomic mass is 10.0. The third-order valence-electron chi connectivity index (χ3n) is 3.35. The van der Waals surface area contributed by atoms with Crippen LogP contribution < -0.4 is 11.1 Å². The fourth-order valence-electron chi connectivity index (χ4n) is 2.05. The number of aryl methyl sites for hydroxylation is 3. The molecular weight excluding hydrogens is 307 g/mol. The first kappa shape index (κ1) is 15.7. The van der Waals surface area contributed by atoms with E-state index in [9.17, 15) is 4.79 Å². The highest BCUT2D eigenvalue weighted by atomic mass is 35.5. The molecule has 3 nitrogen and oxygen atoms in total. The Balaban J connectivity index is 2.35. The Bertz CT molecular complexity index is 727. The molecule has 0 radical (unpaired) electrons. The van der Waals surface area contributed by atoms with Crippen molar-refractivity contribution in [2.45, 2.75) is 20.8 Å². The first-order valence-electron chi connectivity index (χ1n) is 6.43. The van der Waals surface area contributed by atoms with Crippen molar-refractivity contribution < 1.29 is 4.79 Å². The van der Waals surface area contributed by atoms with Crippen LogP contribution in [0.2, 0.25) is 10.0 Å². The van der Waals surface area contributed by atoms with Crippen LogP contribution in [0.4, 0.5) is 11.4 Å². The van der Waals surface area contributed by atoms with Gasteiger partial charge in [0.25, 0.3) is 5.91 Å². The molecule has 2 aromatic carbocycles. The topological polar surface area (TPSA) is 55.1 Å². The summed E-state index contributed by atoms with van der Waals surface area (Å²) >= 11 is 12.2. The summed E-state index contributed by atoms with van der Waals surface area (Å²) in [6.07, 6.45) is 0. The number of nitrogens with two attached hydrogens (primary N) is 1. The van der Waals surface area contributed by atoms with E-state index < -0.39 is 0 Å². The molecule has 0 unspecified atom stereocenters. The molecule has 0 saturated carbocycles. The largest absolute Gasteiger partial charge is 0.398 e. The minimum Gasteiger partial charge on any atom is -0.398 e. The average molecular weight is 323 g/mol. The summed E-state index contributed by atoms with van der Waals surface area (Å²) in [6, 6.07) is 6.91. The molecule has 5 heteroatoms. The Morgan fingerprint density at radius 3 is 2.29 bits per heavy atom. The van der Waals surface area contributed by atoms with Crippen molar-refractivity contribution in [2.75, 3.05) is 11.1 Å². The van der Waals surface area contributed by atoms with Gasteiger partial charge in [0.1, 0.15) is 0 Å². The molecule has 1 amide bonds. The van der Waals surface area contributed by atoms with E-state index >= 15 is 0 Å². The molecule has 0 heterocycles. The van der Waals surface area contributed by atoms with Crippen molar-refractivity contribution in [1.29, 1.82) is 0 Å². The minimum atomic E-state index is -0.263. The van der Waals surface area contributed by atoms with E-state index in [4.69, 9.17) is 28.9 Å². The van der Waals surface area contributed by atoms with Crippen molar-refractivity contribution in [3.05, 3.63) is 56.6 Å². The first-order valence-corrected chi connectivity index (χ1v) is 7.19. The summed E-state index contributed by atoms with van der Waals surface area (Å²) in [6.45, 7) is 5.62. The van der Waals surface area contributed by atoms with Gasteiger partial charge in [0.05, 0.1) is 10.7 Å². The van der Waals surface area contributed by atoms with Gasteiger partial charge in [-0.15, -0.1) is 0 Å². The fraction of sp³-hybridized carbons (Fsp3) is 0.188. The van der Waals surface area contributed by atoms with Gasteiger partial charge >= 0.3 is 0 Å². The molecule has 2 aromatic rings. The van der Waals surface area contributed by atoms with Gasteiger partial charge in [-0.1, -0.05) is 29.3 Å². The number of nitrogen functional groups attached to an aromatic ring is 1. The van der Waals surface area contributed by atoms with Crippen molar-refractivity contribution in [3.8, 4) is 0 Å². The van der Waals surface area contributed by atoms with Gasteiger partial charge in [0, 0.05) is 16.3 Å². The summed E-state index contributed by atoms with van der Waals surface area (Å²) in [5.41, 5.74) is 10.1. The summed E-state index contributed by atoms with van der Waals surface area (Å²) in [5.74, 6) is -0.263. The predicted octanol–water partition coefficient (Wildman–Crippen LogP) is 4.75. The van der Waals surface area contributed by atoms with Crippen LogP contribution in [0, 0.1) is 20.8 Å². The number of amides is 1. The van der Waals surface area contributed by atoms with E-state index in [2.05, 4.69) is 5.32 Å². The quantitative estimate of drug-likeness (QED) is 0.783. The Hall–Kier alpha value is -1.71. The lowest BCUT2D eigenvalue weighted by molar-refractivity contribution is 0.102. The van der Waals surface area contributed by atoms with Crippen LogP contribution in [-0.4, -0.2) is 5.91 Å². The smallest absolute Gasteiger partial charge is 0.256 e. The maximum Gasteiger partial charge on any atom is 0.256 e. The third kappa shape index (κ3) is 3.31. The fourth-order valence-corrected chi connectivity index (χ4v) is 2.47. The van der Waals surface area contributed by atoms with E-state index in [-0.39, 0.29) is 5.91 Å². The zero-order valence-electron chi connectivity index (χ0n) is 12.1. The van der Waals surface area contributed by atoms with Crippen LogP contribution in [-0.2, 0) is 0 Å². The highest BCUT2D eigenvalue weighted by Gasteiger charge is 2.13. The molecule has 0 saturated heterocycles. The van der Waals surface area contributed by atoms with E-state index in [1.807, 2.05) is 26.8 Å². The second kappa shape index (κ2) is 5.96. The molecular formula is C16H16Cl2N2O. The van der Waals surface area contributed by atoms with E-state index in [1.54, 1.807) is 18.2 Å². The molecule has 0 aromatic heterocycles. The van der Waals surface area contributed by atoms with Crippen molar-refractivity contribution in [1.82, 2.24) is 0 Å². The van der Waals surface area contributed by atoms with Gasteiger partial charge in [-0.05, 0) is 55.7 Å². The number of nitrogens with one attached hydrogen (secondary N) is 1. The lowest BCUT2D eigenvalue weighted by Gasteiger charge is -2.12. The van der Waals surface area contributed by atoms with E-state index in [1.165, 1.54) is 0 Å². The monoisotopic (exact) mass is 322 g/mol. The molecule has 0 aliphatic rings. The highest BCUT2D eigenvalue weighted by Crippen LogP contribution is 2.29. The third-order valence-corrected chi connectivity index (χ3v) is 4.07. The Labute approximate surface area is 134 Å². The molecule has 21 heavy (non-hydrogen) atoms. The maximum atomic E-state index is 12.4. The molecule has 2 rings (SSSR count). The second-order valence-electron chi connectivity index (χ2n) is 5.06. The molecule has 0 spiro atoms. The van der Waals surface area contributed by atoms with Gasteiger partial charge in [-0.25, -0.2) is 0 Å². The van der Waals surface area contributed by atoms with Crippen LogP contribution in [0.3, 0.4) is 0 Å². The number of rotatable bonds is 2. The normalized spacial score (nSPS) is 10.5. The zero-order valence-corrected chi connectivity index (χ0v) is 13.6. The molecule has 0 aliphatic carbocycles. The van der Waals surface area contributed by atoms with Gasteiger partial charge < -0.3 is 11.1 Å². The molecule has 0 atom stereocenters. The van der Waals surface area contributed by atoms with Crippen molar-refractivity contribution in [2.24, 2.45) is 0 Å². The Morgan fingerprint density at radius 2 is 1.62 bits per heavy atom. The lowest BCUT2D eigenvalue weighted by Crippen LogP contribution is -2.14. The number of anilines is 2. The number of hydrogen-bond donors (Lipinski definition) is 2. The molecule has 110 valence electrons. The highest BCUT2D eigenvalue weighted by molar-refractivity contribution is 6.36. The maximum absolute atomic E-state index is 12.4. The number of hydrogen-bond acceptors (Lipinski definition) is 2. The Morgan fingerprint density at radius 1 is 0.952 bits per heavy atom. The Kier molecular flexibility index (Phi) is 4.45. The van der Waals surface area contributed by atoms with Crippen LogP contribution in [0.5, 0.6) is 0 Å². The van der Waals surface area contributed by atoms with Gasteiger partial charge in [-0.3, -0.25) is 4.79 Å². The van der Waals surface area contributed by atoms with Crippen LogP contribution in [0.25, 0.3) is 0 Å². The second-order valence-corrected chi connectivity index (χ2v) is 5.87. The average Bonchev–Trinajstić information content (AvgIpc) is 2.40. The van der Waals surface area contributed by atoms with E-state index in [0.717, 1.165) is 16.7 Å². The minimum absolute atomic E-state index is 0.263.